The number of rotatable bonds is 7. The minimum absolute atomic E-state index is 0.0525. The first-order valence-electron chi connectivity index (χ1n) is 9.05. The molecule has 0 saturated heterocycles. The highest BCUT2D eigenvalue weighted by molar-refractivity contribution is 7.86. The van der Waals surface area contributed by atoms with Crippen molar-refractivity contribution < 1.29 is 40.1 Å². The summed E-state index contributed by atoms with van der Waals surface area (Å²) in [6.07, 6.45) is 4.50. The summed E-state index contributed by atoms with van der Waals surface area (Å²) >= 11 is 0. The van der Waals surface area contributed by atoms with Crippen LogP contribution in [0.15, 0.2) is 64.4 Å². The van der Waals surface area contributed by atoms with E-state index in [-0.39, 0.29) is 21.7 Å². The van der Waals surface area contributed by atoms with Gasteiger partial charge in [0.05, 0.1) is 5.69 Å². The molecule has 0 radical (unpaired) electrons. The number of carbonyl (C=O) groups is 3. The maximum absolute atomic E-state index is 12.4. The summed E-state index contributed by atoms with van der Waals surface area (Å²) in [5.41, 5.74) is 1.68. The predicted octanol–water partition coefficient (Wildman–Crippen LogP) is 1.29. The molecular weight excluding hydrogens is 476 g/mol. The van der Waals surface area contributed by atoms with E-state index in [1.54, 1.807) is 5.48 Å². The lowest BCUT2D eigenvalue weighted by molar-refractivity contribution is -0.125. The standard InChI is InChI=1S/C20H16N2O9S2/c1-13(23)21-31-33(29,30)17-5-3-2-4-14(17)6-7-15-8-9-16(12-18(15)32(26,27)28)22-19(24)10-11-20(22)25/h2-12H,1H3,(H,21,23)(H,26,27,28). The summed E-state index contributed by atoms with van der Waals surface area (Å²) in [4.78, 5) is 34.5. The quantitative estimate of drug-likeness (QED) is 0.251. The lowest BCUT2D eigenvalue weighted by Gasteiger charge is -2.15. The summed E-state index contributed by atoms with van der Waals surface area (Å²) in [6, 6.07) is 9.01. The van der Waals surface area contributed by atoms with Gasteiger partial charge in [-0.2, -0.15) is 16.8 Å². The number of nitrogens with one attached hydrogen (secondary N) is 1. The molecule has 1 aliphatic heterocycles. The van der Waals surface area contributed by atoms with Gasteiger partial charge in [-0.3, -0.25) is 18.9 Å². The van der Waals surface area contributed by atoms with E-state index in [1.807, 2.05) is 0 Å². The van der Waals surface area contributed by atoms with Crippen LogP contribution < -0.4 is 10.4 Å². The molecule has 0 bridgehead atoms. The van der Waals surface area contributed by atoms with Gasteiger partial charge in [0.1, 0.15) is 9.79 Å². The molecule has 3 rings (SSSR count). The molecule has 0 unspecified atom stereocenters. The zero-order chi connectivity index (χ0) is 24.4. The summed E-state index contributed by atoms with van der Waals surface area (Å²) in [5, 5.41) is 0. The van der Waals surface area contributed by atoms with Crippen molar-refractivity contribution in [1.29, 1.82) is 0 Å². The number of hydroxylamine groups is 1. The Labute approximate surface area is 188 Å². The molecule has 2 aromatic carbocycles. The van der Waals surface area contributed by atoms with Crippen molar-refractivity contribution in [2.24, 2.45) is 0 Å². The largest absolute Gasteiger partial charge is 0.318 e. The van der Waals surface area contributed by atoms with Gasteiger partial charge in [0.25, 0.3) is 21.9 Å². The van der Waals surface area contributed by atoms with E-state index in [9.17, 15) is 35.8 Å². The van der Waals surface area contributed by atoms with Gasteiger partial charge < -0.3 is 0 Å². The second-order valence-electron chi connectivity index (χ2n) is 6.61. The fourth-order valence-electron chi connectivity index (χ4n) is 2.86. The smallest absolute Gasteiger partial charge is 0.282 e. The highest BCUT2D eigenvalue weighted by Gasteiger charge is 2.27. The topological polar surface area (TPSA) is 164 Å². The molecule has 33 heavy (non-hydrogen) atoms. The highest BCUT2D eigenvalue weighted by Crippen LogP contribution is 2.28. The molecule has 1 aliphatic rings. The van der Waals surface area contributed by atoms with Crippen LogP contribution in [0.1, 0.15) is 18.1 Å². The van der Waals surface area contributed by atoms with Crippen molar-refractivity contribution in [3.63, 3.8) is 0 Å². The second kappa shape index (κ2) is 9.07. The summed E-state index contributed by atoms with van der Waals surface area (Å²) in [5.74, 6) is -2.10. The Morgan fingerprint density at radius 3 is 2.09 bits per heavy atom. The molecule has 0 atom stereocenters. The number of amides is 3. The number of anilines is 1. The van der Waals surface area contributed by atoms with Gasteiger partial charge in [-0.1, -0.05) is 36.4 Å². The molecule has 0 saturated carbocycles. The van der Waals surface area contributed by atoms with Crippen molar-refractivity contribution in [1.82, 2.24) is 5.48 Å². The molecule has 0 aliphatic carbocycles. The molecule has 3 amide bonds. The van der Waals surface area contributed by atoms with E-state index >= 15 is 0 Å². The first kappa shape index (κ1) is 24.0. The lowest BCUT2D eigenvalue weighted by Crippen LogP contribution is -2.29. The Hall–Kier alpha value is -3.65. The minimum Gasteiger partial charge on any atom is -0.282 e. The van der Waals surface area contributed by atoms with E-state index in [0.29, 0.717) is 0 Å². The summed E-state index contributed by atoms with van der Waals surface area (Å²) in [7, 11) is -9.19. The van der Waals surface area contributed by atoms with Gasteiger partial charge in [-0.25, -0.2) is 10.4 Å². The fourth-order valence-corrected chi connectivity index (χ4v) is 4.55. The Bertz CT molecular complexity index is 1410. The van der Waals surface area contributed by atoms with E-state index in [2.05, 4.69) is 4.28 Å². The van der Waals surface area contributed by atoms with Crippen LogP contribution in [-0.4, -0.2) is 39.1 Å². The average Bonchev–Trinajstić information content (AvgIpc) is 3.08. The highest BCUT2D eigenvalue weighted by atomic mass is 32.2. The third-order valence-electron chi connectivity index (χ3n) is 4.27. The van der Waals surface area contributed by atoms with Crippen LogP contribution in [-0.2, 0) is 38.9 Å². The van der Waals surface area contributed by atoms with Crippen LogP contribution in [0.2, 0.25) is 0 Å². The van der Waals surface area contributed by atoms with Gasteiger partial charge in [0.15, 0.2) is 0 Å². The average molecular weight is 492 g/mol. The monoisotopic (exact) mass is 492 g/mol. The maximum Gasteiger partial charge on any atom is 0.318 e. The van der Waals surface area contributed by atoms with Crippen LogP contribution in [0.4, 0.5) is 5.69 Å². The first-order valence-corrected chi connectivity index (χ1v) is 11.9. The molecule has 11 nitrogen and oxygen atoms in total. The Morgan fingerprint density at radius 1 is 0.939 bits per heavy atom. The number of nitrogens with zero attached hydrogens (tertiary/aromatic N) is 1. The minimum atomic E-state index is -4.79. The van der Waals surface area contributed by atoms with Crippen LogP contribution in [0.25, 0.3) is 12.2 Å². The van der Waals surface area contributed by atoms with Crippen LogP contribution in [0.3, 0.4) is 0 Å². The number of imide groups is 1. The summed E-state index contributed by atoms with van der Waals surface area (Å²) < 4.78 is 62.7. The zero-order valence-electron chi connectivity index (χ0n) is 16.8. The van der Waals surface area contributed by atoms with Gasteiger partial charge in [0, 0.05) is 19.1 Å². The van der Waals surface area contributed by atoms with Crippen molar-refractivity contribution in [3.05, 3.63) is 65.7 Å². The lowest BCUT2D eigenvalue weighted by atomic mass is 10.1. The third kappa shape index (κ3) is 5.40. The predicted molar refractivity (Wildman–Crippen MR) is 115 cm³/mol. The van der Waals surface area contributed by atoms with Crippen molar-refractivity contribution in [2.45, 2.75) is 16.7 Å². The zero-order valence-corrected chi connectivity index (χ0v) is 18.5. The van der Waals surface area contributed by atoms with Crippen molar-refractivity contribution in [3.8, 4) is 0 Å². The van der Waals surface area contributed by atoms with E-state index < -0.39 is 42.9 Å². The fraction of sp³-hybridized carbons (Fsp3) is 0.0500. The molecule has 2 N–H and O–H groups in total. The molecule has 1 heterocycles. The molecule has 2 aromatic rings. The van der Waals surface area contributed by atoms with Gasteiger partial charge in [0.2, 0.25) is 5.91 Å². The molecule has 0 fully saturated rings. The number of hydrogen-bond acceptors (Lipinski definition) is 8. The molecule has 0 spiro atoms. The molecule has 172 valence electrons. The van der Waals surface area contributed by atoms with E-state index in [0.717, 1.165) is 30.0 Å². The Kier molecular flexibility index (Phi) is 6.60. The number of carbonyl (C=O) groups excluding carboxylic acids is 3. The molecular formula is C20H16N2O9S2. The van der Waals surface area contributed by atoms with Gasteiger partial charge in [-0.05, 0) is 29.3 Å². The SMILES string of the molecule is CC(=O)NOS(=O)(=O)c1ccccc1C=Cc1ccc(N2C(=O)C=CC2=O)cc1S(=O)(=O)O. The number of benzene rings is 2. The van der Waals surface area contributed by atoms with E-state index in [4.69, 9.17) is 0 Å². The van der Waals surface area contributed by atoms with Gasteiger partial charge in [-0.15, -0.1) is 4.28 Å². The van der Waals surface area contributed by atoms with Crippen LogP contribution >= 0.6 is 0 Å². The Morgan fingerprint density at radius 2 is 1.52 bits per heavy atom. The first-order chi connectivity index (χ1) is 15.4. The number of hydrogen-bond donors (Lipinski definition) is 2. The van der Waals surface area contributed by atoms with Gasteiger partial charge >= 0.3 is 10.1 Å². The second-order valence-corrected chi connectivity index (χ2v) is 9.51. The normalized spacial score (nSPS) is 14.3. The maximum atomic E-state index is 12.4. The molecule has 0 aromatic heterocycles. The van der Waals surface area contributed by atoms with Crippen molar-refractivity contribution in [2.75, 3.05) is 4.90 Å². The molecule has 13 heteroatoms. The summed E-state index contributed by atoms with van der Waals surface area (Å²) in [6.45, 7) is 1.06. The van der Waals surface area contributed by atoms with E-state index in [1.165, 1.54) is 48.6 Å². The van der Waals surface area contributed by atoms with Crippen molar-refractivity contribution >= 4 is 55.8 Å². The van der Waals surface area contributed by atoms with Crippen LogP contribution in [0.5, 0.6) is 0 Å². The van der Waals surface area contributed by atoms with Crippen LogP contribution in [0, 0.1) is 0 Å². The third-order valence-corrected chi connectivity index (χ3v) is 6.39. The Balaban J connectivity index is 2.03.